The van der Waals surface area contributed by atoms with Crippen molar-refractivity contribution in [2.24, 2.45) is 0 Å². The van der Waals surface area contributed by atoms with E-state index in [0.29, 0.717) is 5.54 Å². The first-order valence-electron chi connectivity index (χ1n) is 5.57. The molecule has 2 nitrogen and oxygen atoms in total. The van der Waals surface area contributed by atoms with Gasteiger partial charge in [-0.15, -0.1) is 0 Å². The average Bonchev–Trinajstić information content (AvgIpc) is 2.95. The van der Waals surface area contributed by atoms with Crippen LogP contribution >= 0.6 is 0 Å². The number of aromatic nitrogens is 1. The summed E-state index contributed by atoms with van der Waals surface area (Å²) in [6.45, 7) is 0. The van der Waals surface area contributed by atoms with Gasteiger partial charge >= 0.3 is 0 Å². The first-order chi connectivity index (χ1) is 7.33. The third-order valence-corrected chi connectivity index (χ3v) is 3.59. The van der Waals surface area contributed by atoms with Gasteiger partial charge in [0.25, 0.3) is 0 Å². The molecule has 0 spiro atoms. The van der Waals surface area contributed by atoms with Gasteiger partial charge in [0.1, 0.15) is 0 Å². The Morgan fingerprint density at radius 3 is 2.87 bits per heavy atom. The molecule has 2 aromatic rings. The lowest BCUT2D eigenvalue weighted by Gasteiger charge is -2.12. The van der Waals surface area contributed by atoms with E-state index in [1.165, 1.54) is 29.3 Å². The fraction of sp³-hybridized carbons (Fsp3) is 0.385. The zero-order valence-electron chi connectivity index (χ0n) is 9.01. The van der Waals surface area contributed by atoms with Gasteiger partial charge in [-0.2, -0.15) is 0 Å². The van der Waals surface area contributed by atoms with Gasteiger partial charge in [0.2, 0.25) is 0 Å². The first kappa shape index (κ1) is 8.98. The van der Waals surface area contributed by atoms with E-state index >= 15 is 0 Å². The van der Waals surface area contributed by atoms with Crippen LogP contribution < -0.4 is 5.32 Å². The van der Waals surface area contributed by atoms with Crippen LogP contribution in [0.4, 0.5) is 0 Å². The van der Waals surface area contributed by atoms with Crippen molar-refractivity contribution in [1.82, 2.24) is 10.3 Å². The van der Waals surface area contributed by atoms with Crippen molar-refractivity contribution < 1.29 is 0 Å². The van der Waals surface area contributed by atoms with Crippen LogP contribution in [0.25, 0.3) is 10.9 Å². The Balaban J connectivity index is 1.98. The van der Waals surface area contributed by atoms with E-state index in [9.17, 15) is 0 Å². The molecule has 1 fully saturated rings. The summed E-state index contributed by atoms with van der Waals surface area (Å²) in [4.78, 5) is 3.33. The van der Waals surface area contributed by atoms with E-state index in [1.54, 1.807) is 0 Å². The summed E-state index contributed by atoms with van der Waals surface area (Å²) in [5.41, 5.74) is 3.09. The molecule has 3 rings (SSSR count). The number of fused-ring (bicyclic) bond motifs is 1. The zero-order chi connectivity index (χ0) is 10.3. The molecular weight excluding hydrogens is 184 g/mol. The number of H-pyrrole nitrogens is 1. The minimum absolute atomic E-state index is 0.394. The topological polar surface area (TPSA) is 27.8 Å². The highest BCUT2D eigenvalue weighted by molar-refractivity contribution is 5.83. The van der Waals surface area contributed by atoms with Crippen LogP contribution in [0, 0.1) is 0 Å². The number of rotatable bonds is 3. The molecule has 1 aliphatic rings. The highest BCUT2D eigenvalue weighted by Gasteiger charge is 2.41. The van der Waals surface area contributed by atoms with E-state index < -0.39 is 0 Å². The lowest BCUT2D eigenvalue weighted by atomic mass is 10.0. The van der Waals surface area contributed by atoms with Crippen LogP contribution in [0.1, 0.15) is 18.4 Å². The van der Waals surface area contributed by atoms with E-state index in [2.05, 4.69) is 47.8 Å². The highest BCUT2D eigenvalue weighted by atomic mass is 15.0. The molecule has 2 N–H and O–H groups in total. The minimum Gasteiger partial charge on any atom is -0.361 e. The van der Waals surface area contributed by atoms with Crippen molar-refractivity contribution in [3.63, 3.8) is 0 Å². The van der Waals surface area contributed by atoms with Crippen LogP contribution in [-0.2, 0) is 6.42 Å². The van der Waals surface area contributed by atoms with Gasteiger partial charge in [0.05, 0.1) is 0 Å². The Morgan fingerprint density at radius 2 is 2.13 bits per heavy atom. The van der Waals surface area contributed by atoms with E-state index in [0.717, 1.165) is 6.42 Å². The summed E-state index contributed by atoms with van der Waals surface area (Å²) < 4.78 is 0. The summed E-state index contributed by atoms with van der Waals surface area (Å²) in [5, 5.41) is 4.82. The van der Waals surface area contributed by atoms with Crippen LogP contribution in [-0.4, -0.2) is 17.6 Å². The number of likely N-dealkylation sites (N-methyl/N-ethyl adjacent to an activating group) is 1. The standard InChI is InChI=1S/C13H16N2/c1-14-13(6-7-13)8-10-9-15-12-5-3-2-4-11(10)12/h2-5,9,14-15H,6-8H2,1H3. The molecule has 78 valence electrons. The van der Waals surface area contributed by atoms with Gasteiger partial charge in [0.15, 0.2) is 0 Å². The monoisotopic (exact) mass is 200 g/mol. The maximum absolute atomic E-state index is 3.44. The molecular formula is C13H16N2. The molecule has 0 bridgehead atoms. The van der Waals surface area contributed by atoms with Gasteiger partial charge in [-0.3, -0.25) is 0 Å². The van der Waals surface area contributed by atoms with E-state index in [1.807, 2.05) is 0 Å². The Morgan fingerprint density at radius 1 is 1.33 bits per heavy atom. The molecule has 0 unspecified atom stereocenters. The molecule has 0 amide bonds. The highest BCUT2D eigenvalue weighted by Crippen LogP contribution is 2.39. The molecule has 1 aliphatic carbocycles. The summed E-state index contributed by atoms with van der Waals surface area (Å²) in [5.74, 6) is 0. The summed E-state index contributed by atoms with van der Waals surface area (Å²) in [7, 11) is 2.07. The van der Waals surface area contributed by atoms with Crippen LogP contribution in [0.15, 0.2) is 30.5 Å². The average molecular weight is 200 g/mol. The van der Waals surface area contributed by atoms with Gasteiger partial charge in [-0.05, 0) is 37.9 Å². The predicted octanol–water partition coefficient (Wildman–Crippen LogP) is 2.46. The molecule has 15 heavy (non-hydrogen) atoms. The summed E-state index contributed by atoms with van der Waals surface area (Å²) in [6.07, 6.45) is 5.92. The molecule has 1 aromatic heterocycles. The van der Waals surface area contributed by atoms with Crippen LogP contribution in [0.2, 0.25) is 0 Å². The number of nitrogens with one attached hydrogen (secondary N) is 2. The minimum atomic E-state index is 0.394. The largest absolute Gasteiger partial charge is 0.361 e. The predicted molar refractivity (Wildman–Crippen MR) is 63.0 cm³/mol. The van der Waals surface area contributed by atoms with Gasteiger partial charge in [0, 0.05) is 22.6 Å². The fourth-order valence-electron chi connectivity index (χ4n) is 2.31. The molecule has 2 heteroatoms. The number of benzene rings is 1. The van der Waals surface area contributed by atoms with Crippen molar-refractivity contribution in [2.75, 3.05) is 7.05 Å². The normalized spacial score (nSPS) is 18.2. The van der Waals surface area contributed by atoms with Crippen molar-refractivity contribution in [3.05, 3.63) is 36.0 Å². The fourth-order valence-corrected chi connectivity index (χ4v) is 2.31. The van der Waals surface area contributed by atoms with Gasteiger partial charge < -0.3 is 10.3 Å². The third-order valence-electron chi connectivity index (χ3n) is 3.59. The lowest BCUT2D eigenvalue weighted by Crippen LogP contribution is -2.29. The van der Waals surface area contributed by atoms with Crippen LogP contribution in [0.3, 0.4) is 0 Å². The molecule has 1 heterocycles. The number of para-hydroxylation sites is 1. The smallest absolute Gasteiger partial charge is 0.0456 e. The Bertz CT molecular complexity index is 480. The first-order valence-corrected chi connectivity index (χ1v) is 5.57. The maximum atomic E-state index is 3.44. The summed E-state index contributed by atoms with van der Waals surface area (Å²) in [6, 6.07) is 8.52. The summed E-state index contributed by atoms with van der Waals surface area (Å²) >= 11 is 0. The Labute approximate surface area is 89.7 Å². The second-order valence-electron chi connectivity index (χ2n) is 4.57. The van der Waals surface area contributed by atoms with Crippen molar-refractivity contribution in [2.45, 2.75) is 24.8 Å². The third kappa shape index (κ3) is 1.45. The maximum Gasteiger partial charge on any atom is 0.0456 e. The second kappa shape index (κ2) is 3.11. The molecule has 1 saturated carbocycles. The van der Waals surface area contributed by atoms with Gasteiger partial charge in [-0.25, -0.2) is 0 Å². The Kier molecular flexibility index (Phi) is 1.86. The molecule has 0 atom stereocenters. The quantitative estimate of drug-likeness (QED) is 0.782. The number of aromatic amines is 1. The number of hydrogen-bond donors (Lipinski definition) is 2. The zero-order valence-corrected chi connectivity index (χ0v) is 9.01. The van der Waals surface area contributed by atoms with Crippen molar-refractivity contribution in [1.29, 1.82) is 0 Å². The molecule has 0 saturated heterocycles. The molecule has 1 aromatic carbocycles. The van der Waals surface area contributed by atoms with E-state index in [4.69, 9.17) is 0 Å². The van der Waals surface area contributed by atoms with Crippen molar-refractivity contribution >= 4 is 10.9 Å². The lowest BCUT2D eigenvalue weighted by molar-refractivity contribution is 0.550. The SMILES string of the molecule is CNC1(Cc2c[nH]c3ccccc23)CC1. The molecule has 0 radical (unpaired) electrons. The second-order valence-corrected chi connectivity index (χ2v) is 4.57. The van der Waals surface area contributed by atoms with Crippen LogP contribution in [0.5, 0.6) is 0 Å². The van der Waals surface area contributed by atoms with E-state index in [-0.39, 0.29) is 0 Å². The Hall–Kier alpha value is -1.28. The number of hydrogen-bond acceptors (Lipinski definition) is 1. The molecule has 0 aliphatic heterocycles. The van der Waals surface area contributed by atoms with Crippen molar-refractivity contribution in [3.8, 4) is 0 Å². The van der Waals surface area contributed by atoms with Gasteiger partial charge in [-0.1, -0.05) is 18.2 Å².